The number of piperidine rings is 1. The van der Waals surface area contributed by atoms with Crippen molar-refractivity contribution in [2.75, 3.05) is 38.5 Å². The highest BCUT2D eigenvalue weighted by atomic mass is 16.2. The monoisotopic (exact) mass is 411 g/mol. The van der Waals surface area contributed by atoms with E-state index in [0.29, 0.717) is 18.5 Å². The van der Waals surface area contributed by atoms with Gasteiger partial charge in [0.25, 0.3) is 0 Å². The molecule has 1 aliphatic heterocycles. The van der Waals surface area contributed by atoms with Crippen LogP contribution in [0.4, 0.5) is 5.82 Å². The number of amides is 1. The molecular weight excluding hydrogens is 374 g/mol. The summed E-state index contributed by atoms with van der Waals surface area (Å²) in [5.74, 6) is 1.28. The number of nitrogens with zero attached hydrogens (tertiary/aromatic N) is 4. The predicted molar refractivity (Wildman–Crippen MR) is 123 cm³/mol. The summed E-state index contributed by atoms with van der Waals surface area (Å²) in [6, 6.07) is 12.4. The van der Waals surface area contributed by atoms with Crippen molar-refractivity contribution in [1.29, 1.82) is 0 Å². The molecule has 1 aromatic heterocycles. The fourth-order valence-corrected chi connectivity index (χ4v) is 4.29. The highest BCUT2D eigenvalue weighted by Gasteiger charge is 2.29. The molecule has 6 heteroatoms. The molecule has 0 radical (unpaired) electrons. The van der Waals surface area contributed by atoms with Gasteiger partial charge in [0.05, 0.1) is 17.9 Å². The molecule has 6 nitrogen and oxygen atoms in total. The smallest absolute Gasteiger partial charge is 0.239 e. The van der Waals surface area contributed by atoms with E-state index in [1.807, 2.05) is 41.1 Å². The Hall–Kier alpha value is -2.18. The lowest BCUT2D eigenvalue weighted by Gasteiger charge is -2.40. The largest absolute Gasteiger partial charge is 0.309 e. The van der Waals surface area contributed by atoms with Crippen LogP contribution < -0.4 is 5.32 Å². The number of hydrogen-bond donors (Lipinski definition) is 1. The zero-order chi connectivity index (χ0) is 21.9. The van der Waals surface area contributed by atoms with E-state index in [-0.39, 0.29) is 11.3 Å². The van der Waals surface area contributed by atoms with Gasteiger partial charge in [0.2, 0.25) is 5.91 Å². The first-order chi connectivity index (χ1) is 14.2. The number of aromatic nitrogens is 2. The van der Waals surface area contributed by atoms with Gasteiger partial charge in [-0.3, -0.25) is 9.69 Å². The molecule has 1 N–H and O–H groups in total. The van der Waals surface area contributed by atoms with Gasteiger partial charge in [0, 0.05) is 24.1 Å². The number of carbonyl (C=O) groups is 1. The van der Waals surface area contributed by atoms with Gasteiger partial charge in [0.1, 0.15) is 5.82 Å². The van der Waals surface area contributed by atoms with E-state index in [9.17, 15) is 4.79 Å². The molecular formula is C24H37N5O. The topological polar surface area (TPSA) is 53.4 Å². The second-order valence-electron chi connectivity index (χ2n) is 9.60. The number of nitrogens with one attached hydrogen (secondary N) is 1. The second-order valence-corrected chi connectivity index (χ2v) is 9.60. The number of anilines is 1. The van der Waals surface area contributed by atoms with Crippen LogP contribution in [0.1, 0.15) is 46.7 Å². The third-order valence-corrected chi connectivity index (χ3v) is 6.10. The first-order valence-electron chi connectivity index (χ1n) is 11.1. The van der Waals surface area contributed by atoms with Crippen molar-refractivity contribution >= 4 is 11.7 Å². The van der Waals surface area contributed by atoms with Gasteiger partial charge >= 0.3 is 0 Å². The quantitative estimate of drug-likeness (QED) is 0.786. The Balaban J connectivity index is 1.72. The Morgan fingerprint density at radius 3 is 2.57 bits per heavy atom. The summed E-state index contributed by atoms with van der Waals surface area (Å²) in [6.07, 6.45) is 1.11. The highest BCUT2D eigenvalue weighted by molar-refractivity contribution is 5.91. The average molecular weight is 412 g/mol. The van der Waals surface area contributed by atoms with Crippen LogP contribution in [-0.4, -0.2) is 64.8 Å². The van der Waals surface area contributed by atoms with E-state index in [2.05, 4.69) is 56.8 Å². The third kappa shape index (κ3) is 5.29. The molecule has 1 amide bonds. The Kier molecular flexibility index (Phi) is 6.98. The number of benzene rings is 1. The number of likely N-dealkylation sites (N-methyl/N-ethyl adjacent to an activating group) is 1. The molecule has 0 unspecified atom stereocenters. The Morgan fingerprint density at radius 1 is 1.27 bits per heavy atom. The van der Waals surface area contributed by atoms with Crippen molar-refractivity contribution in [3.63, 3.8) is 0 Å². The first-order valence-corrected chi connectivity index (χ1v) is 11.1. The Morgan fingerprint density at radius 2 is 1.97 bits per heavy atom. The molecule has 0 saturated carbocycles. The van der Waals surface area contributed by atoms with E-state index in [0.717, 1.165) is 43.3 Å². The Labute approximate surface area is 181 Å². The van der Waals surface area contributed by atoms with Crippen LogP contribution in [0.15, 0.2) is 36.4 Å². The van der Waals surface area contributed by atoms with Crippen LogP contribution in [0.2, 0.25) is 0 Å². The van der Waals surface area contributed by atoms with Crippen molar-refractivity contribution in [1.82, 2.24) is 19.6 Å². The Bertz CT molecular complexity index is 839. The van der Waals surface area contributed by atoms with Crippen LogP contribution in [0.3, 0.4) is 0 Å². The number of rotatable bonds is 6. The zero-order valence-electron chi connectivity index (χ0n) is 19.4. The van der Waals surface area contributed by atoms with Crippen LogP contribution in [0.5, 0.6) is 0 Å². The fraction of sp³-hybridized carbons (Fsp3) is 0.583. The average Bonchev–Trinajstić information content (AvgIpc) is 3.12. The number of carbonyl (C=O) groups excluding carboxylic acids is 1. The lowest BCUT2D eigenvalue weighted by Crippen LogP contribution is -2.50. The van der Waals surface area contributed by atoms with Gasteiger partial charge in [-0.2, -0.15) is 5.10 Å². The number of likely N-dealkylation sites (tertiary alicyclic amines) is 1. The number of para-hydroxylation sites is 1. The zero-order valence-corrected chi connectivity index (χ0v) is 19.4. The van der Waals surface area contributed by atoms with Crippen LogP contribution >= 0.6 is 0 Å². The van der Waals surface area contributed by atoms with Crippen molar-refractivity contribution in [2.45, 2.75) is 52.5 Å². The summed E-state index contributed by atoms with van der Waals surface area (Å²) in [5.41, 5.74) is 1.80. The van der Waals surface area contributed by atoms with Gasteiger partial charge in [-0.05, 0) is 44.6 Å². The molecule has 0 aliphatic carbocycles. The van der Waals surface area contributed by atoms with Gasteiger partial charge < -0.3 is 10.2 Å². The van der Waals surface area contributed by atoms with Crippen molar-refractivity contribution < 1.29 is 4.79 Å². The normalized spacial score (nSPS) is 20.5. The summed E-state index contributed by atoms with van der Waals surface area (Å²) in [6.45, 7) is 14.6. The summed E-state index contributed by atoms with van der Waals surface area (Å²) >= 11 is 0. The molecule has 2 aromatic rings. The predicted octanol–water partition coefficient (Wildman–Crippen LogP) is 3.77. The maximum atomic E-state index is 12.9. The minimum atomic E-state index is -0.0982. The van der Waals surface area contributed by atoms with Gasteiger partial charge in [-0.1, -0.05) is 52.8 Å². The minimum absolute atomic E-state index is 0.000149. The van der Waals surface area contributed by atoms with E-state index in [4.69, 9.17) is 5.10 Å². The maximum absolute atomic E-state index is 12.9. The minimum Gasteiger partial charge on any atom is -0.309 e. The summed E-state index contributed by atoms with van der Waals surface area (Å²) in [7, 11) is 2.07. The van der Waals surface area contributed by atoms with Gasteiger partial charge in [0.15, 0.2) is 0 Å². The number of hydrogen-bond acceptors (Lipinski definition) is 4. The summed E-state index contributed by atoms with van der Waals surface area (Å²) in [4.78, 5) is 17.6. The maximum Gasteiger partial charge on any atom is 0.239 e. The van der Waals surface area contributed by atoms with E-state index in [1.165, 1.54) is 0 Å². The standard InChI is InChI=1S/C24H37N5O/c1-7-28-14-13-20(18(2)16-28)27(6)17-23(30)25-22-15-21(24(3,4)5)26-29(22)19-11-9-8-10-12-19/h8-12,15,18,20H,7,13-14,16-17H2,1-6H3,(H,25,30)/t18-,20+/m1/s1. The third-order valence-electron chi connectivity index (χ3n) is 6.10. The molecule has 0 spiro atoms. The van der Waals surface area contributed by atoms with Crippen molar-refractivity contribution in [3.05, 3.63) is 42.1 Å². The molecule has 2 atom stereocenters. The fourth-order valence-electron chi connectivity index (χ4n) is 4.29. The lowest BCUT2D eigenvalue weighted by molar-refractivity contribution is -0.118. The lowest BCUT2D eigenvalue weighted by atomic mass is 9.92. The summed E-state index contributed by atoms with van der Waals surface area (Å²) < 4.78 is 1.83. The molecule has 1 aliphatic rings. The molecule has 30 heavy (non-hydrogen) atoms. The van der Waals surface area contributed by atoms with Gasteiger partial charge in [-0.25, -0.2) is 4.68 Å². The summed E-state index contributed by atoms with van der Waals surface area (Å²) in [5, 5.41) is 7.90. The van der Waals surface area contributed by atoms with Crippen molar-refractivity contribution in [3.8, 4) is 5.69 Å². The van der Waals surface area contributed by atoms with Crippen LogP contribution in [-0.2, 0) is 10.2 Å². The molecule has 3 rings (SSSR count). The molecule has 0 bridgehead atoms. The first kappa shape index (κ1) is 22.5. The highest BCUT2D eigenvalue weighted by Crippen LogP contribution is 2.26. The van der Waals surface area contributed by atoms with Crippen molar-refractivity contribution in [2.24, 2.45) is 5.92 Å². The molecule has 1 saturated heterocycles. The molecule has 1 aromatic carbocycles. The van der Waals surface area contributed by atoms with Gasteiger partial charge in [-0.15, -0.1) is 0 Å². The van der Waals surface area contributed by atoms with Crippen LogP contribution in [0, 0.1) is 5.92 Å². The van der Waals surface area contributed by atoms with E-state index >= 15 is 0 Å². The second kappa shape index (κ2) is 9.31. The SMILES string of the molecule is CCN1CC[C@H](N(C)CC(=O)Nc2cc(C(C)(C)C)nn2-c2ccccc2)[C@H](C)C1. The van der Waals surface area contributed by atoms with Crippen LogP contribution in [0.25, 0.3) is 5.69 Å². The van der Waals surface area contributed by atoms with E-state index in [1.54, 1.807) is 0 Å². The molecule has 164 valence electrons. The van der Waals surface area contributed by atoms with E-state index < -0.39 is 0 Å². The molecule has 2 heterocycles. The molecule has 1 fully saturated rings.